The lowest BCUT2D eigenvalue weighted by molar-refractivity contribution is 0.112. The molecule has 1 aromatic carbocycles. The minimum Gasteiger partial charge on any atom is -0.490 e. The highest BCUT2D eigenvalue weighted by molar-refractivity contribution is 5.76. The Kier molecular flexibility index (Phi) is 5.15. The van der Waals surface area contributed by atoms with Crippen LogP contribution in [-0.4, -0.2) is 17.0 Å². The van der Waals surface area contributed by atoms with Crippen LogP contribution in [-0.2, 0) is 6.54 Å². The molecule has 1 aromatic heterocycles. The maximum atomic E-state index is 12.4. The molecular weight excluding hydrogens is 278 g/mol. The average Bonchev–Trinajstić information content (AvgIpc) is 2.49. The second-order valence-electron chi connectivity index (χ2n) is 5.41. The fourth-order valence-corrected chi connectivity index (χ4v) is 2.40. The lowest BCUT2D eigenvalue weighted by atomic mass is 10.1. The van der Waals surface area contributed by atoms with Crippen molar-refractivity contribution in [1.29, 1.82) is 0 Å². The molecule has 4 nitrogen and oxygen atoms in total. The maximum absolute atomic E-state index is 12.4. The summed E-state index contributed by atoms with van der Waals surface area (Å²) in [6, 6.07) is 11.0. The predicted molar refractivity (Wildman–Crippen MR) is 87.6 cm³/mol. The largest absolute Gasteiger partial charge is 0.490 e. The van der Waals surface area contributed by atoms with Gasteiger partial charge in [-0.05, 0) is 44.5 Å². The molecule has 4 heteroatoms. The average molecular weight is 299 g/mol. The summed E-state index contributed by atoms with van der Waals surface area (Å²) < 4.78 is 7.49. The van der Waals surface area contributed by atoms with Crippen LogP contribution < -0.4 is 10.3 Å². The van der Waals surface area contributed by atoms with Crippen LogP contribution in [0.2, 0.25) is 0 Å². The van der Waals surface area contributed by atoms with Crippen LogP contribution in [0.4, 0.5) is 0 Å². The number of aldehydes is 1. The van der Waals surface area contributed by atoms with E-state index in [0.717, 1.165) is 23.4 Å². The summed E-state index contributed by atoms with van der Waals surface area (Å²) >= 11 is 0. The van der Waals surface area contributed by atoms with E-state index in [1.165, 1.54) is 0 Å². The van der Waals surface area contributed by atoms with Gasteiger partial charge in [-0.3, -0.25) is 9.59 Å². The van der Waals surface area contributed by atoms with Gasteiger partial charge in [0.1, 0.15) is 5.75 Å². The molecule has 2 rings (SSSR count). The van der Waals surface area contributed by atoms with Crippen molar-refractivity contribution < 1.29 is 9.53 Å². The van der Waals surface area contributed by atoms with E-state index in [2.05, 4.69) is 0 Å². The zero-order valence-electron chi connectivity index (χ0n) is 13.2. The van der Waals surface area contributed by atoms with Crippen molar-refractivity contribution in [1.82, 2.24) is 4.57 Å². The van der Waals surface area contributed by atoms with Gasteiger partial charge in [-0.25, -0.2) is 0 Å². The Hall–Kier alpha value is -2.36. The summed E-state index contributed by atoms with van der Waals surface area (Å²) in [5.41, 5.74) is 1.56. The molecule has 0 radical (unpaired) electrons. The van der Waals surface area contributed by atoms with Crippen molar-refractivity contribution in [3.05, 3.63) is 52.3 Å². The third kappa shape index (κ3) is 3.27. The van der Waals surface area contributed by atoms with Gasteiger partial charge in [0.2, 0.25) is 0 Å². The lowest BCUT2D eigenvalue weighted by Gasteiger charge is -2.18. The molecule has 0 bridgehead atoms. The number of carbonyl (C=O) groups is 1. The number of pyridine rings is 1. The summed E-state index contributed by atoms with van der Waals surface area (Å²) in [6.07, 6.45) is 1.46. The first kappa shape index (κ1) is 16.0. The normalized spacial score (nSPS) is 10.7. The van der Waals surface area contributed by atoms with Crippen molar-refractivity contribution in [3.8, 4) is 17.0 Å². The molecule has 1 heterocycles. The minimum absolute atomic E-state index is 0.0433. The van der Waals surface area contributed by atoms with Gasteiger partial charge in [0, 0.05) is 12.1 Å². The molecule has 22 heavy (non-hydrogen) atoms. The molecule has 0 saturated heterocycles. The Labute approximate surface area is 130 Å². The molecule has 0 amide bonds. The molecular formula is C18H21NO3. The zero-order chi connectivity index (χ0) is 16.1. The Morgan fingerprint density at radius 1 is 1.18 bits per heavy atom. The van der Waals surface area contributed by atoms with Crippen molar-refractivity contribution >= 4 is 6.29 Å². The Bertz CT molecular complexity index is 717. The number of nitrogens with zero attached hydrogens (tertiary/aromatic N) is 1. The number of rotatable bonds is 6. The van der Waals surface area contributed by atoms with Gasteiger partial charge in [0.15, 0.2) is 6.29 Å². The minimum atomic E-state index is -0.256. The standard InChI is InChI=1S/C18H21NO3/c1-4-11-19-16(10-9-14(12-20)18(19)21)15-7-5-6-8-17(15)22-13(2)3/h5-10,12-13H,4,11H2,1-3H3. The summed E-state index contributed by atoms with van der Waals surface area (Å²) in [7, 11) is 0. The summed E-state index contributed by atoms with van der Waals surface area (Å²) in [6.45, 7) is 6.49. The third-order valence-electron chi connectivity index (χ3n) is 3.30. The Balaban J connectivity index is 2.65. The molecule has 2 aromatic rings. The molecule has 116 valence electrons. The highest BCUT2D eigenvalue weighted by atomic mass is 16.5. The summed E-state index contributed by atoms with van der Waals surface area (Å²) in [4.78, 5) is 23.4. The Morgan fingerprint density at radius 3 is 2.55 bits per heavy atom. The number of hydrogen-bond acceptors (Lipinski definition) is 3. The summed E-state index contributed by atoms with van der Waals surface area (Å²) in [5.74, 6) is 0.737. The van der Waals surface area contributed by atoms with Gasteiger partial charge >= 0.3 is 0 Å². The van der Waals surface area contributed by atoms with Crippen LogP contribution in [0.1, 0.15) is 37.6 Å². The van der Waals surface area contributed by atoms with Crippen LogP contribution in [0, 0.1) is 0 Å². The van der Waals surface area contributed by atoms with E-state index in [0.29, 0.717) is 12.8 Å². The van der Waals surface area contributed by atoms with E-state index in [4.69, 9.17) is 4.74 Å². The molecule has 0 aliphatic heterocycles. The number of carbonyl (C=O) groups excluding carboxylic acids is 1. The number of aromatic nitrogens is 1. The van der Waals surface area contributed by atoms with Crippen molar-refractivity contribution in [3.63, 3.8) is 0 Å². The van der Waals surface area contributed by atoms with Crippen LogP contribution in [0.5, 0.6) is 5.75 Å². The van der Waals surface area contributed by atoms with Gasteiger partial charge in [0.25, 0.3) is 5.56 Å². The molecule has 0 N–H and O–H groups in total. The van der Waals surface area contributed by atoms with Gasteiger partial charge in [-0.2, -0.15) is 0 Å². The first-order chi connectivity index (χ1) is 10.6. The van der Waals surface area contributed by atoms with Crippen LogP contribution >= 0.6 is 0 Å². The van der Waals surface area contributed by atoms with Crippen molar-refractivity contribution in [2.24, 2.45) is 0 Å². The van der Waals surface area contributed by atoms with Crippen LogP contribution in [0.25, 0.3) is 11.3 Å². The van der Waals surface area contributed by atoms with Gasteiger partial charge in [0.05, 0.1) is 17.4 Å². The predicted octanol–water partition coefficient (Wildman–Crippen LogP) is 3.53. The maximum Gasteiger partial charge on any atom is 0.261 e. The molecule has 0 saturated carbocycles. The van der Waals surface area contributed by atoms with Gasteiger partial charge in [-0.1, -0.05) is 19.1 Å². The van der Waals surface area contributed by atoms with Gasteiger partial charge in [-0.15, -0.1) is 0 Å². The van der Waals surface area contributed by atoms with Gasteiger partial charge < -0.3 is 9.30 Å². The SMILES string of the molecule is CCCn1c(-c2ccccc2OC(C)C)ccc(C=O)c1=O. The topological polar surface area (TPSA) is 48.3 Å². The number of benzene rings is 1. The monoisotopic (exact) mass is 299 g/mol. The quantitative estimate of drug-likeness (QED) is 0.767. The number of hydrogen-bond donors (Lipinski definition) is 0. The van der Waals surface area contributed by atoms with E-state index in [-0.39, 0.29) is 17.2 Å². The summed E-state index contributed by atoms with van der Waals surface area (Å²) in [5, 5.41) is 0. The van der Waals surface area contributed by atoms with Crippen LogP contribution in [0.3, 0.4) is 0 Å². The highest BCUT2D eigenvalue weighted by Crippen LogP contribution is 2.30. The lowest BCUT2D eigenvalue weighted by Crippen LogP contribution is -2.25. The smallest absolute Gasteiger partial charge is 0.261 e. The zero-order valence-corrected chi connectivity index (χ0v) is 13.2. The van der Waals surface area contributed by atoms with Crippen molar-refractivity contribution in [2.45, 2.75) is 39.8 Å². The fraction of sp³-hybridized carbons (Fsp3) is 0.333. The van der Waals surface area contributed by atoms with Crippen molar-refractivity contribution in [2.75, 3.05) is 0 Å². The van der Waals surface area contributed by atoms with E-state index in [1.807, 2.05) is 51.1 Å². The molecule has 0 fully saturated rings. The van der Waals surface area contributed by atoms with E-state index >= 15 is 0 Å². The molecule has 0 atom stereocenters. The number of para-hydroxylation sites is 1. The van der Waals surface area contributed by atoms with E-state index < -0.39 is 0 Å². The highest BCUT2D eigenvalue weighted by Gasteiger charge is 2.14. The fourth-order valence-electron chi connectivity index (χ4n) is 2.40. The van der Waals surface area contributed by atoms with E-state index in [1.54, 1.807) is 10.6 Å². The number of ether oxygens (including phenoxy) is 1. The van der Waals surface area contributed by atoms with Crippen LogP contribution in [0.15, 0.2) is 41.2 Å². The third-order valence-corrected chi connectivity index (χ3v) is 3.30. The Morgan fingerprint density at radius 2 is 1.91 bits per heavy atom. The second kappa shape index (κ2) is 7.07. The molecule has 0 aliphatic rings. The van der Waals surface area contributed by atoms with E-state index in [9.17, 15) is 9.59 Å². The first-order valence-electron chi connectivity index (χ1n) is 7.53. The molecule has 0 aliphatic carbocycles. The molecule has 0 spiro atoms. The molecule has 0 unspecified atom stereocenters. The first-order valence-corrected chi connectivity index (χ1v) is 7.53. The second-order valence-corrected chi connectivity index (χ2v) is 5.41.